The molecule has 2 aromatic rings. The van der Waals surface area contributed by atoms with E-state index in [1.165, 1.54) is 33.6 Å². The number of nitrogens with zero attached hydrogens (tertiary/aromatic N) is 7. The molecule has 0 bridgehead atoms. The highest BCUT2D eigenvalue weighted by molar-refractivity contribution is 8.01. The number of thiazole rings is 1. The third-order valence-corrected chi connectivity index (χ3v) is 8.84. The summed E-state index contributed by atoms with van der Waals surface area (Å²) in [6.45, 7) is 1.27. The first kappa shape index (κ1) is 32.1. The first-order valence-electron chi connectivity index (χ1n) is 11.6. The summed E-state index contributed by atoms with van der Waals surface area (Å²) in [6.07, 6.45) is -0.947. The molecule has 2 aliphatic heterocycles. The van der Waals surface area contributed by atoms with Gasteiger partial charge in [0.1, 0.15) is 36.0 Å². The van der Waals surface area contributed by atoms with Gasteiger partial charge in [-0.15, -0.1) is 28.2 Å². The number of tetrazole rings is 1. The van der Waals surface area contributed by atoms with Crippen LogP contribution in [0, 0.1) is 0 Å². The molecule has 16 nitrogen and oxygen atoms in total. The summed E-state index contributed by atoms with van der Waals surface area (Å²) in [6, 6.07) is -1.03. The summed E-state index contributed by atoms with van der Waals surface area (Å²) < 4.78 is 4.43. The zero-order chi connectivity index (χ0) is 30.6. The van der Waals surface area contributed by atoms with Crippen molar-refractivity contribution in [1.82, 2.24) is 35.4 Å². The molecule has 0 spiro atoms. The van der Waals surface area contributed by atoms with Crippen LogP contribution in [0.5, 0.6) is 0 Å². The van der Waals surface area contributed by atoms with Crippen molar-refractivity contribution in [3.05, 3.63) is 22.3 Å². The number of aliphatic carboxylic acids is 1. The van der Waals surface area contributed by atoms with Crippen LogP contribution in [0.2, 0.25) is 0 Å². The van der Waals surface area contributed by atoms with E-state index in [4.69, 9.17) is 44.4 Å². The normalized spacial score (nSPS) is 18.7. The average Bonchev–Trinajstić information content (AvgIpc) is 3.56. The van der Waals surface area contributed by atoms with E-state index in [0.717, 1.165) is 16.2 Å². The number of nitrogens with one attached hydrogen (secondary N) is 2. The molecule has 226 valence electrons. The molecule has 22 heteroatoms. The van der Waals surface area contributed by atoms with Gasteiger partial charge in [-0.2, -0.15) is 0 Å². The Balaban J connectivity index is 1.44. The van der Waals surface area contributed by atoms with Gasteiger partial charge in [0.15, 0.2) is 10.8 Å². The van der Waals surface area contributed by atoms with Gasteiger partial charge in [0.25, 0.3) is 11.8 Å². The lowest BCUT2D eigenvalue weighted by molar-refractivity contribution is -0.150. The Morgan fingerprint density at radius 2 is 2.10 bits per heavy atom. The van der Waals surface area contributed by atoms with Crippen molar-refractivity contribution >= 4 is 104 Å². The SMILES string of the molecule is CCO/N=C(\C(=O)N[C@@H]1C(=O)N2C(C(=O)O)=C(CSc3nnnn3C)CS[C@H]12)c1csc(NC(=O)OCC(Cl)(Cl)Cl)n1. The van der Waals surface area contributed by atoms with Crippen molar-refractivity contribution in [3.8, 4) is 0 Å². The standard InChI is InChI=1S/C20H20Cl3N9O7S3/c1-3-39-28-10(9-6-41-17(24-9)26-19(37)38-7-20(21,22)23)13(33)25-11-14(34)32-12(16(35)36)8(4-40-15(11)32)5-42-18-27-29-30-31(18)2/h6,11,15H,3-5,7H2,1-2H3,(H,25,33)(H,35,36)(H,24,26,37)/b28-10-/t11-,15-/m1/s1. The minimum atomic E-state index is -1.80. The van der Waals surface area contributed by atoms with Gasteiger partial charge < -0.3 is 20.0 Å². The van der Waals surface area contributed by atoms with Gasteiger partial charge in [0.2, 0.25) is 8.95 Å². The monoisotopic (exact) mass is 699 g/mol. The lowest BCUT2D eigenvalue weighted by Crippen LogP contribution is -2.71. The zero-order valence-corrected chi connectivity index (χ0v) is 26.2. The number of halogens is 3. The largest absolute Gasteiger partial charge is 0.477 e. The highest BCUT2D eigenvalue weighted by Crippen LogP contribution is 2.41. The molecule has 0 aliphatic carbocycles. The average molecular weight is 701 g/mol. The summed E-state index contributed by atoms with van der Waals surface area (Å²) in [4.78, 5) is 60.7. The first-order valence-corrected chi connectivity index (χ1v) is 15.7. The molecule has 2 aliphatic rings. The fraction of sp³-hybridized carbons (Fsp3) is 0.450. The highest BCUT2D eigenvalue weighted by Gasteiger charge is 2.54. The molecular formula is C20H20Cl3N9O7S3. The van der Waals surface area contributed by atoms with Gasteiger partial charge in [0, 0.05) is 23.9 Å². The van der Waals surface area contributed by atoms with Gasteiger partial charge >= 0.3 is 12.1 Å². The number of rotatable bonds is 11. The molecule has 1 saturated heterocycles. The summed E-state index contributed by atoms with van der Waals surface area (Å²) in [5.74, 6) is -2.11. The van der Waals surface area contributed by atoms with Crippen LogP contribution < -0.4 is 10.6 Å². The van der Waals surface area contributed by atoms with Crippen LogP contribution >= 0.6 is 69.7 Å². The van der Waals surface area contributed by atoms with E-state index in [-0.39, 0.29) is 34.6 Å². The topological polar surface area (TPSA) is 203 Å². The van der Waals surface area contributed by atoms with Crippen LogP contribution in [-0.4, -0.2) is 105 Å². The number of hydrogen-bond acceptors (Lipinski definition) is 14. The molecule has 0 saturated carbocycles. The maximum absolute atomic E-state index is 13.2. The summed E-state index contributed by atoms with van der Waals surface area (Å²) >= 11 is 20.2. The number of alkyl halides is 3. The Hall–Kier alpha value is -2.84. The molecule has 2 atom stereocenters. The fourth-order valence-corrected chi connectivity index (χ4v) is 6.72. The number of aromatic nitrogens is 5. The van der Waals surface area contributed by atoms with Crippen molar-refractivity contribution in [2.75, 3.05) is 30.0 Å². The van der Waals surface area contributed by atoms with Gasteiger partial charge in [-0.3, -0.25) is 19.8 Å². The molecule has 4 heterocycles. The third-order valence-electron chi connectivity index (χ3n) is 5.32. The Labute approximate surface area is 264 Å². The second-order valence-corrected chi connectivity index (χ2v) is 13.6. The number of carbonyl (C=O) groups excluding carboxylic acids is 3. The third kappa shape index (κ3) is 7.56. The zero-order valence-electron chi connectivity index (χ0n) is 21.4. The second-order valence-electron chi connectivity index (χ2n) is 8.20. The number of fused-ring (bicyclic) bond motifs is 1. The molecular weight excluding hydrogens is 681 g/mol. The van der Waals surface area contributed by atoms with E-state index < -0.39 is 45.7 Å². The van der Waals surface area contributed by atoms with Crippen molar-refractivity contribution in [2.24, 2.45) is 12.2 Å². The predicted molar refractivity (Wildman–Crippen MR) is 155 cm³/mol. The summed E-state index contributed by atoms with van der Waals surface area (Å²) in [5, 5.41) is 31.1. The number of thioether (sulfide) groups is 2. The fourth-order valence-electron chi connectivity index (χ4n) is 3.54. The predicted octanol–water partition coefficient (Wildman–Crippen LogP) is 1.86. The van der Waals surface area contributed by atoms with Crippen LogP contribution in [0.3, 0.4) is 0 Å². The van der Waals surface area contributed by atoms with E-state index in [9.17, 15) is 24.3 Å². The molecule has 0 unspecified atom stereocenters. The molecule has 3 N–H and O–H groups in total. The Bertz CT molecular complexity index is 1450. The number of aryl methyl sites for hydroxylation is 1. The Morgan fingerprint density at radius 3 is 2.74 bits per heavy atom. The smallest absolute Gasteiger partial charge is 0.413 e. The Kier molecular flexibility index (Phi) is 10.4. The Morgan fingerprint density at radius 1 is 1.33 bits per heavy atom. The number of amides is 3. The molecule has 42 heavy (non-hydrogen) atoms. The number of β-lactam (4-membered cyclic amide) rings is 1. The quantitative estimate of drug-likeness (QED) is 0.101. The minimum absolute atomic E-state index is 0.0336. The number of carboxylic acids is 1. The lowest BCUT2D eigenvalue weighted by Gasteiger charge is -2.49. The number of ether oxygens (including phenoxy) is 1. The van der Waals surface area contributed by atoms with Crippen LogP contribution in [0.15, 0.2) is 27.0 Å². The summed E-state index contributed by atoms with van der Waals surface area (Å²) in [5.41, 5.74) is 0.137. The van der Waals surface area contributed by atoms with E-state index in [1.807, 2.05) is 0 Å². The van der Waals surface area contributed by atoms with Crippen molar-refractivity contribution < 1.29 is 33.9 Å². The van der Waals surface area contributed by atoms with E-state index in [0.29, 0.717) is 16.5 Å². The molecule has 0 radical (unpaired) electrons. The van der Waals surface area contributed by atoms with E-state index >= 15 is 0 Å². The van der Waals surface area contributed by atoms with Gasteiger partial charge in [-0.25, -0.2) is 19.3 Å². The van der Waals surface area contributed by atoms with Crippen molar-refractivity contribution in [2.45, 2.75) is 27.3 Å². The second kappa shape index (κ2) is 13.6. The van der Waals surface area contributed by atoms with Crippen molar-refractivity contribution in [1.29, 1.82) is 0 Å². The summed E-state index contributed by atoms with van der Waals surface area (Å²) in [7, 11) is 1.65. The highest BCUT2D eigenvalue weighted by atomic mass is 35.6. The molecule has 0 aromatic carbocycles. The van der Waals surface area contributed by atoms with E-state index in [2.05, 4.69) is 36.3 Å². The maximum Gasteiger partial charge on any atom is 0.413 e. The van der Waals surface area contributed by atoms with Gasteiger partial charge in [-0.1, -0.05) is 51.7 Å². The number of carboxylic acid groups (broad SMARTS) is 1. The van der Waals surface area contributed by atoms with Gasteiger partial charge in [-0.05, 0) is 22.9 Å². The molecule has 2 aromatic heterocycles. The van der Waals surface area contributed by atoms with E-state index in [1.54, 1.807) is 14.0 Å². The van der Waals surface area contributed by atoms with Crippen LogP contribution in [0.1, 0.15) is 12.6 Å². The van der Waals surface area contributed by atoms with Gasteiger partial charge in [0.05, 0.1) is 0 Å². The maximum atomic E-state index is 13.2. The van der Waals surface area contributed by atoms with Crippen LogP contribution in [0.25, 0.3) is 0 Å². The minimum Gasteiger partial charge on any atom is -0.477 e. The number of oxime groups is 1. The number of anilines is 1. The molecule has 3 amide bonds. The lowest BCUT2D eigenvalue weighted by atomic mass is 10.0. The van der Waals surface area contributed by atoms with Crippen LogP contribution in [0.4, 0.5) is 9.93 Å². The molecule has 1 fully saturated rings. The van der Waals surface area contributed by atoms with Crippen LogP contribution in [-0.2, 0) is 31.0 Å². The number of hydrogen-bond donors (Lipinski definition) is 3. The number of carbonyl (C=O) groups is 4. The first-order chi connectivity index (χ1) is 19.9. The van der Waals surface area contributed by atoms with Crippen molar-refractivity contribution in [3.63, 3.8) is 0 Å². The molecule has 4 rings (SSSR count).